The number of H-pyrrole nitrogens is 1. The largest absolute Gasteiger partial charge is 0.492 e. The summed E-state index contributed by atoms with van der Waals surface area (Å²) in [6, 6.07) is 7.60. The minimum absolute atomic E-state index is 0.0262. The number of amides is 1. The average molecular weight is 423 g/mol. The standard InChI is InChI=1S/C20H14F5N3O2/c21-14-7-13-16(8-15(14)22)27-10-17(13)28-19(29)11-2-3-18(12(6-11)9-26)30-5-1-4-20(23,24)25/h2-3,6-8,10,27H,1,4-5H2,(H,28,29). The molecule has 0 radical (unpaired) electrons. The number of carbonyl (C=O) groups excluding carboxylic acids is 1. The van der Waals surface area contributed by atoms with Gasteiger partial charge in [0.05, 0.1) is 23.4 Å². The Morgan fingerprint density at radius 3 is 2.60 bits per heavy atom. The van der Waals surface area contributed by atoms with Gasteiger partial charge in [0.15, 0.2) is 11.6 Å². The number of nitriles is 1. The molecule has 0 unspecified atom stereocenters. The fourth-order valence-corrected chi connectivity index (χ4v) is 2.75. The van der Waals surface area contributed by atoms with Crippen molar-refractivity contribution in [2.24, 2.45) is 0 Å². The summed E-state index contributed by atoms with van der Waals surface area (Å²) < 4.78 is 68.5. The summed E-state index contributed by atoms with van der Waals surface area (Å²) in [6.07, 6.45) is -4.20. The van der Waals surface area contributed by atoms with E-state index in [1.54, 1.807) is 0 Å². The molecule has 0 atom stereocenters. The molecule has 1 aromatic heterocycles. The Bertz CT molecular complexity index is 1130. The fraction of sp³-hybridized carbons (Fsp3) is 0.200. The van der Waals surface area contributed by atoms with Gasteiger partial charge < -0.3 is 15.0 Å². The van der Waals surface area contributed by atoms with E-state index in [1.807, 2.05) is 6.07 Å². The van der Waals surface area contributed by atoms with E-state index in [0.717, 1.165) is 12.1 Å². The summed E-state index contributed by atoms with van der Waals surface area (Å²) >= 11 is 0. The minimum atomic E-state index is -4.29. The molecule has 0 bridgehead atoms. The van der Waals surface area contributed by atoms with Crippen LogP contribution in [0, 0.1) is 23.0 Å². The molecule has 0 aliphatic heterocycles. The Hall–Kier alpha value is -3.61. The molecule has 0 saturated carbocycles. The van der Waals surface area contributed by atoms with Crippen molar-refractivity contribution in [1.82, 2.24) is 4.98 Å². The summed E-state index contributed by atoms with van der Waals surface area (Å²) in [5.41, 5.74) is 0.539. The van der Waals surface area contributed by atoms with Gasteiger partial charge in [0.1, 0.15) is 11.8 Å². The summed E-state index contributed by atoms with van der Waals surface area (Å²) in [6.45, 7) is -0.239. The summed E-state index contributed by atoms with van der Waals surface area (Å²) in [4.78, 5) is 15.2. The smallest absolute Gasteiger partial charge is 0.389 e. The van der Waals surface area contributed by atoms with Gasteiger partial charge in [-0.25, -0.2) is 8.78 Å². The topological polar surface area (TPSA) is 77.9 Å². The maximum absolute atomic E-state index is 13.5. The van der Waals surface area contributed by atoms with Gasteiger partial charge in [0.2, 0.25) is 0 Å². The van der Waals surface area contributed by atoms with Crippen LogP contribution in [0.4, 0.5) is 27.6 Å². The number of ether oxygens (including phenoxy) is 1. The number of aromatic nitrogens is 1. The second-order valence-electron chi connectivity index (χ2n) is 6.36. The number of nitrogens with one attached hydrogen (secondary N) is 2. The highest BCUT2D eigenvalue weighted by Crippen LogP contribution is 2.27. The van der Waals surface area contributed by atoms with E-state index in [0.29, 0.717) is 0 Å². The molecule has 30 heavy (non-hydrogen) atoms. The molecule has 3 rings (SSSR count). The SMILES string of the molecule is N#Cc1cc(C(=O)Nc2c[nH]c3cc(F)c(F)cc23)ccc1OCCCC(F)(F)F. The first-order valence-corrected chi connectivity index (χ1v) is 8.69. The molecule has 3 aromatic rings. The molecular formula is C20H14F5N3O2. The minimum Gasteiger partial charge on any atom is -0.492 e. The number of benzene rings is 2. The Kier molecular flexibility index (Phi) is 5.91. The van der Waals surface area contributed by atoms with E-state index in [1.165, 1.54) is 24.4 Å². The van der Waals surface area contributed by atoms with E-state index in [4.69, 9.17) is 4.74 Å². The van der Waals surface area contributed by atoms with Crippen LogP contribution in [0.2, 0.25) is 0 Å². The lowest BCUT2D eigenvalue weighted by molar-refractivity contribution is -0.136. The van der Waals surface area contributed by atoms with E-state index in [-0.39, 0.29) is 46.5 Å². The van der Waals surface area contributed by atoms with Crippen LogP contribution in [0.25, 0.3) is 10.9 Å². The van der Waals surface area contributed by atoms with Crippen molar-refractivity contribution in [2.45, 2.75) is 19.0 Å². The zero-order chi connectivity index (χ0) is 21.9. The van der Waals surface area contributed by atoms with Crippen molar-refractivity contribution in [3.8, 4) is 11.8 Å². The van der Waals surface area contributed by atoms with Crippen LogP contribution < -0.4 is 10.1 Å². The number of halogens is 5. The highest BCUT2D eigenvalue weighted by Gasteiger charge is 2.26. The second-order valence-corrected chi connectivity index (χ2v) is 6.36. The number of aromatic amines is 1. The summed E-state index contributed by atoms with van der Waals surface area (Å²) in [5.74, 6) is -2.68. The van der Waals surface area contributed by atoms with Crippen LogP contribution in [0.5, 0.6) is 5.75 Å². The van der Waals surface area contributed by atoms with Crippen LogP contribution in [0.3, 0.4) is 0 Å². The third-order valence-electron chi connectivity index (χ3n) is 4.20. The fourth-order valence-electron chi connectivity index (χ4n) is 2.75. The van der Waals surface area contributed by atoms with Gasteiger partial charge in [-0.2, -0.15) is 18.4 Å². The highest BCUT2D eigenvalue weighted by molar-refractivity contribution is 6.09. The molecule has 0 aliphatic carbocycles. The molecular weight excluding hydrogens is 409 g/mol. The van der Waals surface area contributed by atoms with Gasteiger partial charge in [-0.15, -0.1) is 0 Å². The van der Waals surface area contributed by atoms with Gasteiger partial charge in [0.25, 0.3) is 5.91 Å². The molecule has 0 spiro atoms. The van der Waals surface area contributed by atoms with Gasteiger partial charge in [-0.05, 0) is 30.7 Å². The van der Waals surface area contributed by atoms with Crippen molar-refractivity contribution >= 4 is 22.5 Å². The van der Waals surface area contributed by atoms with Gasteiger partial charge in [-0.3, -0.25) is 4.79 Å². The number of hydrogen-bond acceptors (Lipinski definition) is 3. The van der Waals surface area contributed by atoms with Crippen LogP contribution in [-0.4, -0.2) is 23.7 Å². The molecule has 0 saturated heterocycles. The predicted molar refractivity (Wildman–Crippen MR) is 98.1 cm³/mol. The van der Waals surface area contributed by atoms with E-state index in [9.17, 15) is 32.0 Å². The Morgan fingerprint density at radius 1 is 1.17 bits per heavy atom. The van der Waals surface area contributed by atoms with Gasteiger partial charge >= 0.3 is 6.18 Å². The average Bonchev–Trinajstić information content (AvgIpc) is 3.06. The van der Waals surface area contributed by atoms with Crippen molar-refractivity contribution in [3.05, 3.63) is 59.3 Å². The first-order chi connectivity index (χ1) is 14.2. The lowest BCUT2D eigenvalue weighted by Crippen LogP contribution is -2.12. The van der Waals surface area contributed by atoms with Gasteiger partial charge in [0, 0.05) is 29.6 Å². The van der Waals surface area contributed by atoms with Crippen LogP contribution in [-0.2, 0) is 0 Å². The highest BCUT2D eigenvalue weighted by atomic mass is 19.4. The number of anilines is 1. The zero-order valence-corrected chi connectivity index (χ0v) is 15.2. The van der Waals surface area contributed by atoms with E-state index in [2.05, 4.69) is 10.3 Å². The maximum atomic E-state index is 13.5. The Balaban J connectivity index is 1.72. The number of hydrogen-bond donors (Lipinski definition) is 2. The zero-order valence-electron chi connectivity index (χ0n) is 15.2. The second kappa shape index (κ2) is 8.41. The Labute approximate surface area is 167 Å². The molecule has 2 N–H and O–H groups in total. The normalized spacial score (nSPS) is 11.3. The first kappa shape index (κ1) is 21.1. The van der Waals surface area contributed by atoms with Crippen molar-refractivity contribution in [2.75, 3.05) is 11.9 Å². The predicted octanol–water partition coefficient (Wildman–Crippen LogP) is 5.29. The molecule has 0 aliphatic rings. The van der Waals surface area contributed by atoms with Crippen molar-refractivity contribution in [3.63, 3.8) is 0 Å². The quantitative estimate of drug-likeness (QED) is 0.418. The van der Waals surface area contributed by atoms with Crippen LogP contribution >= 0.6 is 0 Å². The van der Waals surface area contributed by atoms with Crippen molar-refractivity contribution in [1.29, 1.82) is 5.26 Å². The maximum Gasteiger partial charge on any atom is 0.389 e. The van der Waals surface area contributed by atoms with E-state index >= 15 is 0 Å². The lowest BCUT2D eigenvalue weighted by Gasteiger charge is -2.10. The molecule has 10 heteroatoms. The van der Waals surface area contributed by atoms with Gasteiger partial charge in [-0.1, -0.05) is 0 Å². The van der Waals surface area contributed by atoms with Crippen LogP contribution in [0.1, 0.15) is 28.8 Å². The third kappa shape index (κ3) is 4.86. The number of rotatable bonds is 6. The third-order valence-corrected chi connectivity index (χ3v) is 4.20. The van der Waals surface area contributed by atoms with Crippen LogP contribution in [0.15, 0.2) is 36.5 Å². The lowest BCUT2D eigenvalue weighted by atomic mass is 10.1. The molecule has 2 aromatic carbocycles. The number of nitrogens with zero attached hydrogens (tertiary/aromatic N) is 1. The molecule has 5 nitrogen and oxygen atoms in total. The molecule has 1 heterocycles. The molecule has 1 amide bonds. The number of fused-ring (bicyclic) bond motifs is 1. The first-order valence-electron chi connectivity index (χ1n) is 8.69. The number of alkyl halides is 3. The Morgan fingerprint density at radius 2 is 1.90 bits per heavy atom. The summed E-state index contributed by atoms with van der Waals surface area (Å²) in [7, 11) is 0. The van der Waals surface area contributed by atoms with E-state index < -0.39 is 30.1 Å². The van der Waals surface area contributed by atoms with Crippen molar-refractivity contribution < 1.29 is 31.5 Å². The monoisotopic (exact) mass is 423 g/mol. The molecule has 156 valence electrons. The molecule has 0 fully saturated rings. The summed E-state index contributed by atoms with van der Waals surface area (Å²) in [5, 5.41) is 12.0. The number of carbonyl (C=O) groups is 1.